The number of amides is 1. The molecule has 3 aromatic rings. The highest BCUT2D eigenvalue weighted by atomic mass is 16.5. The molecule has 0 radical (unpaired) electrons. The number of hydrogen-bond acceptors (Lipinski definition) is 5. The molecule has 6 heteroatoms. The number of rotatable bonds is 8. The maximum Gasteiger partial charge on any atom is 0.342 e. The maximum absolute atomic E-state index is 12.4. The van der Waals surface area contributed by atoms with E-state index in [-0.39, 0.29) is 17.3 Å². The molecule has 3 aromatic carbocycles. The summed E-state index contributed by atoms with van der Waals surface area (Å²) in [5.41, 5.74) is 1.74. The van der Waals surface area contributed by atoms with Crippen LogP contribution >= 0.6 is 0 Å². The van der Waals surface area contributed by atoms with Gasteiger partial charge < -0.3 is 14.8 Å². The Kier molecular flexibility index (Phi) is 6.95. The van der Waals surface area contributed by atoms with E-state index in [9.17, 15) is 14.4 Å². The quantitative estimate of drug-likeness (QED) is 0.446. The van der Waals surface area contributed by atoms with Gasteiger partial charge >= 0.3 is 5.97 Å². The Morgan fingerprint density at radius 1 is 0.800 bits per heavy atom. The first-order chi connectivity index (χ1) is 14.6. The van der Waals surface area contributed by atoms with Crippen molar-refractivity contribution in [3.8, 4) is 5.75 Å². The van der Waals surface area contributed by atoms with Crippen LogP contribution in [0, 0.1) is 0 Å². The molecule has 0 fully saturated rings. The average Bonchev–Trinajstić information content (AvgIpc) is 2.79. The van der Waals surface area contributed by atoms with Gasteiger partial charge in [0.25, 0.3) is 5.91 Å². The van der Waals surface area contributed by atoms with Gasteiger partial charge in [-0.2, -0.15) is 0 Å². The predicted octanol–water partition coefficient (Wildman–Crippen LogP) is 4.38. The molecule has 1 amide bonds. The molecule has 152 valence electrons. The minimum absolute atomic E-state index is 0.239. The van der Waals surface area contributed by atoms with Gasteiger partial charge in [-0.25, -0.2) is 4.79 Å². The lowest BCUT2D eigenvalue weighted by molar-refractivity contribution is 0.0471. The lowest BCUT2D eigenvalue weighted by atomic mass is 10.1. The Morgan fingerprint density at radius 2 is 1.47 bits per heavy atom. The summed E-state index contributed by atoms with van der Waals surface area (Å²) < 4.78 is 10.6. The van der Waals surface area contributed by atoms with Crippen LogP contribution < -0.4 is 10.1 Å². The number of carbonyl (C=O) groups is 3. The monoisotopic (exact) mass is 403 g/mol. The molecule has 1 N–H and O–H groups in total. The summed E-state index contributed by atoms with van der Waals surface area (Å²) in [5.74, 6) is -0.801. The van der Waals surface area contributed by atoms with Crippen LogP contribution in [0.15, 0.2) is 78.9 Å². The highest BCUT2D eigenvalue weighted by molar-refractivity contribution is 6.05. The van der Waals surface area contributed by atoms with Crippen molar-refractivity contribution in [2.45, 2.75) is 6.92 Å². The number of esters is 1. The summed E-state index contributed by atoms with van der Waals surface area (Å²) in [7, 11) is 0. The van der Waals surface area contributed by atoms with Gasteiger partial charge in [-0.05, 0) is 55.5 Å². The molecule has 0 bridgehead atoms. The highest BCUT2D eigenvalue weighted by Gasteiger charge is 2.16. The Bertz CT molecular complexity index is 1030. The van der Waals surface area contributed by atoms with Gasteiger partial charge in [0.1, 0.15) is 11.3 Å². The van der Waals surface area contributed by atoms with E-state index >= 15 is 0 Å². The second-order valence-electron chi connectivity index (χ2n) is 6.33. The van der Waals surface area contributed by atoms with E-state index in [0.717, 1.165) is 0 Å². The van der Waals surface area contributed by atoms with Crippen LogP contribution in [0.5, 0.6) is 5.75 Å². The second kappa shape index (κ2) is 10.0. The SMILES string of the molecule is CCOc1ccccc1C(=O)OCC(=O)c1ccc(NC(=O)c2ccccc2)cc1. The fourth-order valence-electron chi connectivity index (χ4n) is 2.74. The summed E-state index contributed by atoms with van der Waals surface area (Å²) in [6, 6.07) is 21.9. The number of para-hydroxylation sites is 1. The molecule has 0 unspecified atom stereocenters. The molecule has 0 saturated heterocycles. The molecule has 3 rings (SSSR count). The molecule has 6 nitrogen and oxygen atoms in total. The zero-order valence-electron chi connectivity index (χ0n) is 16.5. The first kappa shape index (κ1) is 20.8. The van der Waals surface area contributed by atoms with Gasteiger partial charge in [0.2, 0.25) is 0 Å². The molecular formula is C24H21NO5. The average molecular weight is 403 g/mol. The maximum atomic E-state index is 12.4. The highest BCUT2D eigenvalue weighted by Crippen LogP contribution is 2.19. The minimum Gasteiger partial charge on any atom is -0.493 e. The largest absolute Gasteiger partial charge is 0.493 e. The van der Waals surface area contributed by atoms with E-state index in [1.807, 2.05) is 13.0 Å². The number of hydrogen-bond donors (Lipinski definition) is 1. The standard InChI is InChI=1S/C24H21NO5/c1-2-29-22-11-7-6-10-20(22)24(28)30-16-21(26)17-12-14-19(15-13-17)25-23(27)18-8-4-3-5-9-18/h3-15H,2,16H2,1H3,(H,25,27). The molecule has 0 aliphatic carbocycles. The topological polar surface area (TPSA) is 81.7 Å². The number of anilines is 1. The first-order valence-electron chi connectivity index (χ1n) is 9.47. The summed E-state index contributed by atoms with van der Waals surface area (Å²) in [4.78, 5) is 36.8. The molecule has 30 heavy (non-hydrogen) atoms. The molecule has 0 spiro atoms. The summed E-state index contributed by atoms with van der Waals surface area (Å²) >= 11 is 0. The number of Topliss-reactive ketones (excluding diaryl/α,β-unsaturated/α-hetero) is 1. The second-order valence-corrected chi connectivity index (χ2v) is 6.33. The summed E-state index contributed by atoms with van der Waals surface area (Å²) in [6.45, 7) is 1.84. The molecule has 0 heterocycles. The summed E-state index contributed by atoms with van der Waals surface area (Å²) in [6.07, 6.45) is 0. The molecule has 0 saturated carbocycles. The Labute approximate surface area is 174 Å². The van der Waals surface area contributed by atoms with Crippen molar-refractivity contribution >= 4 is 23.3 Å². The lowest BCUT2D eigenvalue weighted by Crippen LogP contribution is -2.15. The molecule has 0 aliphatic heterocycles. The molecule has 0 atom stereocenters. The van der Waals surface area contributed by atoms with Gasteiger partial charge in [0.15, 0.2) is 12.4 Å². The Hall–Kier alpha value is -3.93. The van der Waals surface area contributed by atoms with E-state index in [0.29, 0.717) is 29.2 Å². The van der Waals surface area contributed by atoms with Crippen LogP contribution in [0.4, 0.5) is 5.69 Å². The molecular weight excluding hydrogens is 382 g/mol. The number of ether oxygens (including phenoxy) is 2. The smallest absolute Gasteiger partial charge is 0.342 e. The van der Waals surface area contributed by atoms with Crippen molar-refractivity contribution in [3.05, 3.63) is 95.6 Å². The minimum atomic E-state index is -0.626. The van der Waals surface area contributed by atoms with E-state index in [2.05, 4.69) is 5.32 Å². The van der Waals surface area contributed by atoms with Gasteiger partial charge in [-0.3, -0.25) is 9.59 Å². The molecule has 0 aliphatic rings. The zero-order chi connectivity index (χ0) is 21.3. The Balaban J connectivity index is 1.57. The van der Waals surface area contributed by atoms with E-state index < -0.39 is 12.6 Å². The third-order valence-corrected chi connectivity index (χ3v) is 4.24. The number of carbonyl (C=O) groups excluding carboxylic acids is 3. The van der Waals surface area contributed by atoms with E-state index in [4.69, 9.17) is 9.47 Å². The number of nitrogens with one attached hydrogen (secondary N) is 1. The van der Waals surface area contributed by atoms with Crippen LogP contribution in [0.1, 0.15) is 38.0 Å². The van der Waals surface area contributed by atoms with Crippen molar-refractivity contribution < 1.29 is 23.9 Å². The van der Waals surface area contributed by atoms with Crippen molar-refractivity contribution in [3.63, 3.8) is 0 Å². The van der Waals surface area contributed by atoms with Crippen LogP contribution in [-0.2, 0) is 4.74 Å². The number of benzene rings is 3. The van der Waals surface area contributed by atoms with Crippen molar-refractivity contribution in [2.24, 2.45) is 0 Å². The van der Waals surface area contributed by atoms with Gasteiger partial charge in [0.05, 0.1) is 6.61 Å². The fraction of sp³-hybridized carbons (Fsp3) is 0.125. The van der Waals surface area contributed by atoms with Crippen LogP contribution in [0.3, 0.4) is 0 Å². The predicted molar refractivity (Wildman–Crippen MR) is 113 cm³/mol. The van der Waals surface area contributed by atoms with Crippen LogP contribution in [0.2, 0.25) is 0 Å². The van der Waals surface area contributed by atoms with Crippen LogP contribution in [-0.4, -0.2) is 30.9 Å². The fourth-order valence-corrected chi connectivity index (χ4v) is 2.74. The zero-order valence-corrected chi connectivity index (χ0v) is 16.5. The van der Waals surface area contributed by atoms with Gasteiger partial charge in [-0.1, -0.05) is 30.3 Å². The van der Waals surface area contributed by atoms with E-state index in [1.54, 1.807) is 72.8 Å². The first-order valence-corrected chi connectivity index (χ1v) is 9.47. The normalized spacial score (nSPS) is 10.2. The molecule has 0 aromatic heterocycles. The van der Waals surface area contributed by atoms with Gasteiger partial charge in [-0.15, -0.1) is 0 Å². The van der Waals surface area contributed by atoms with Crippen molar-refractivity contribution in [1.29, 1.82) is 0 Å². The summed E-state index contributed by atoms with van der Waals surface area (Å²) in [5, 5.41) is 2.76. The third-order valence-electron chi connectivity index (χ3n) is 4.24. The lowest BCUT2D eigenvalue weighted by Gasteiger charge is -2.10. The van der Waals surface area contributed by atoms with Crippen LogP contribution in [0.25, 0.3) is 0 Å². The Morgan fingerprint density at radius 3 is 2.17 bits per heavy atom. The third kappa shape index (κ3) is 5.32. The van der Waals surface area contributed by atoms with Crippen molar-refractivity contribution in [2.75, 3.05) is 18.5 Å². The number of ketones is 1. The van der Waals surface area contributed by atoms with Crippen molar-refractivity contribution in [1.82, 2.24) is 0 Å². The van der Waals surface area contributed by atoms with Gasteiger partial charge in [0, 0.05) is 16.8 Å². The van der Waals surface area contributed by atoms with E-state index in [1.165, 1.54) is 0 Å².